The zero-order valence-corrected chi connectivity index (χ0v) is 10.6. The van der Waals surface area contributed by atoms with Crippen molar-refractivity contribution < 1.29 is 19.1 Å². The third kappa shape index (κ3) is 3.34. The Kier molecular flexibility index (Phi) is 4.38. The lowest BCUT2D eigenvalue weighted by atomic mass is 10.1. The molecule has 0 saturated carbocycles. The summed E-state index contributed by atoms with van der Waals surface area (Å²) in [5, 5.41) is 12.2. The van der Waals surface area contributed by atoms with Crippen molar-refractivity contribution in [3.05, 3.63) is 23.2 Å². The Bertz CT molecular complexity index is 407. The van der Waals surface area contributed by atoms with Crippen LogP contribution in [0.15, 0.2) is 10.5 Å². The highest BCUT2D eigenvalue weighted by atomic mass is 16.5. The molecule has 1 aliphatic heterocycles. The van der Waals surface area contributed by atoms with Crippen molar-refractivity contribution in [3.63, 3.8) is 0 Å². The summed E-state index contributed by atoms with van der Waals surface area (Å²) in [6.45, 7) is 4.88. The van der Waals surface area contributed by atoms with Gasteiger partial charge in [0.15, 0.2) is 0 Å². The van der Waals surface area contributed by atoms with Crippen LogP contribution in [-0.4, -0.2) is 30.8 Å². The Morgan fingerprint density at radius 3 is 3.06 bits per heavy atom. The Morgan fingerprint density at radius 1 is 1.61 bits per heavy atom. The summed E-state index contributed by atoms with van der Waals surface area (Å²) in [6, 6.07) is 1.59. The van der Waals surface area contributed by atoms with Gasteiger partial charge in [0.1, 0.15) is 17.1 Å². The van der Waals surface area contributed by atoms with Gasteiger partial charge in [-0.2, -0.15) is 0 Å². The van der Waals surface area contributed by atoms with Crippen LogP contribution in [-0.2, 0) is 11.3 Å². The average molecular weight is 253 g/mol. The topological polar surface area (TPSA) is 71.7 Å². The SMILES string of the molecule is Cc1oc(CNCCC2CCOC2)cc1C(=O)O. The molecule has 1 saturated heterocycles. The fraction of sp³-hybridized carbons (Fsp3) is 0.615. The van der Waals surface area contributed by atoms with E-state index in [1.54, 1.807) is 13.0 Å². The minimum absolute atomic E-state index is 0.246. The second kappa shape index (κ2) is 6.02. The number of carboxylic acids is 1. The van der Waals surface area contributed by atoms with E-state index in [0.717, 1.165) is 32.6 Å². The van der Waals surface area contributed by atoms with Crippen molar-refractivity contribution in [2.75, 3.05) is 19.8 Å². The Balaban J connectivity index is 1.72. The van der Waals surface area contributed by atoms with E-state index in [9.17, 15) is 4.79 Å². The predicted molar refractivity (Wildman–Crippen MR) is 65.7 cm³/mol. The number of aryl methyl sites for hydroxylation is 1. The highest BCUT2D eigenvalue weighted by Crippen LogP contribution is 2.16. The van der Waals surface area contributed by atoms with Gasteiger partial charge in [0.05, 0.1) is 6.54 Å². The Labute approximate surface area is 106 Å². The van der Waals surface area contributed by atoms with E-state index in [-0.39, 0.29) is 5.56 Å². The number of carbonyl (C=O) groups is 1. The van der Waals surface area contributed by atoms with E-state index in [4.69, 9.17) is 14.3 Å². The first-order chi connectivity index (χ1) is 8.66. The van der Waals surface area contributed by atoms with E-state index in [2.05, 4.69) is 5.32 Å². The molecule has 1 unspecified atom stereocenters. The van der Waals surface area contributed by atoms with Crippen LogP contribution < -0.4 is 5.32 Å². The molecule has 5 nitrogen and oxygen atoms in total. The molecule has 1 atom stereocenters. The molecule has 1 fully saturated rings. The van der Waals surface area contributed by atoms with E-state index >= 15 is 0 Å². The zero-order chi connectivity index (χ0) is 13.0. The maximum Gasteiger partial charge on any atom is 0.339 e. The van der Waals surface area contributed by atoms with Crippen LogP contribution in [0, 0.1) is 12.8 Å². The molecule has 100 valence electrons. The molecule has 0 aromatic carbocycles. The van der Waals surface area contributed by atoms with Crippen LogP contribution >= 0.6 is 0 Å². The van der Waals surface area contributed by atoms with Crippen LogP contribution in [0.3, 0.4) is 0 Å². The molecule has 0 spiro atoms. The zero-order valence-electron chi connectivity index (χ0n) is 10.6. The molecule has 0 amide bonds. The normalized spacial score (nSPS) is 19.3. The van der Waals surface area contributed by atoms with Gasteiger partial charge in [-0.15, -0.1) is 0 Å². The van der Waals surface area contributed by atoms with Gasteiger partial charge < -0.3 is 19.6 Å². The number of hydrogen-bond donors (Lipinski definition) is 2. The first-order valence-electron chi connectivity index (χ1n) is 6.28. The van der Waals surface area contributed by atoms with Gasteiger partial charge in [0.2, 0.25) is 0 Å². The lowest BCUT2D eigenvalue weighted by molar-refractivity contribution is 0.0695. The Hall–Kier alpha value is -1.33. The summed E-state index contributed by atoms with van der Waals surface area (Å²) < 4.78 is 10.7. The van der Waals surface area contributed by atoms with Gasteiger partial charge >= 0.3 is 5.97 Å². The standard InChI is InChI=1S/C13H19NO4/c1-9-12(13(15)16)6-11(18-9)7-14-4-2-10-3-5-17-8-10/h6,10,14H,2-5,7-8H2,1H3,(H,15,16). The fourth-order valence-corrected chi connectivity index (χ4v) is 2.17. The molecule has 0 bridgehead atoms. The predicted octanol–water partition coefficient (Wildman–Crippen LogP) is 1.80. The summed E-state index contributed by atoms with van der Waals surface area (Å²) in [4.78, 5) is 10.8. The van der Waals surface area contributed by atoms with Crippen molar-refractivity contribution in [2.45, 2.75) is 26.3 Å². The van der Waals surface area contributed by atoms with Crippen molar-refractivity contribution in [3.8, 4) is 0 Å². The molecule has 0 radical (unpaired) electrons. The van der Waals surface area contributed by atoms with E-state index in [0.29, 0.717) is 24.0 Å². The van der Waals surface area contributed by atoms with Crippen molar-refractivity contribution in [2.24, 2.45) is 5.92 Å². The number of aromatic carboxylic acids is 1. The molecule has 2 heterocycles. The quantitative estimate of drug-likeness (QED) is 0.756. The number of hydrogen-bond acceptors (Lipinski definition) is 4. The van der Waals surface area contributed by atoms with Gasteiger partial charge in [0.25, 0.3) is 0 Å². The molecule has 1 aliphatic rings. The van der Waals surface area contributed by atoms with Crippen LogP contribution in [0.1, 0.15) is 34.7 Å². The molecule has 1 aromatic heterocycles. The van der Waals surface area contributed by atoms with Crippen LogP contribution in [0.4, 0.5) is 0 Å². The third-order valence-corrected chi connectivity index (χ3v) is 3.25. The Morgan fingerprint density at radius 2 is 2.44 bits per heavy atom. The average Bonchev–Trinajstić information content (AvgIpc) is 2.94. The second-order valence-electron chi connectivity index (χ2n) is 4.68. The van der Waals surface area contributed by atoms with Crippen LogP contribution in [0.2, 0.25) is 0 Å². The van der Waals surface area contributed by atoms with E-state index < -0.39 is 5.97 Å². The van der Waals surface area contributed by atoms with Crippen molar-refractivity contribution in [1.29, 1.82) is 0 Å². The smallest absolute Gasteiger partial charge is 0.339 e. The van der Waals surface area contributed by atoms with Crippen LogP contribution in [0.5, 0.6) is 0 Å². The molecule has 2 rings (SSSR count). The molecular formula is C13H19NO4. The summed E-state index contributed by atoms with van der Waals surface area (Å²) in [5.41, 5.74) is 0.246. The van der Waals surface area contributed by atoms with E-state index in [1.165, 1.54) is 0 Å². The summed E-state index contributed by atoms with van der Waals surface area (Å²) in [5.74, 6) is 0.854. The number of carboxylic acid groups (broad SMARTS) is 1. The molecule has 18 heavy (non-hydrogen) atoms. The van der Waals surface area contributed by atoms with Crippen LogP contribution in [0.25, 0.3) is 0 Å². The fourth-order valence-electron chi connectivity index (χ4n) is 2.17. The minimum Gasteiger partial charge on any atom is -0.478 e. The summed E-state index contributed by atoms with van der Waals surface area (Å²) >= 11 is 0. The molecule has 1 aromatic rings. The second-order valence-corrected chi connectivity index (χ2v) is 4.68. The van der Waals surface area contributed by atoms with Gasteiger partial charge in [-0.25, -0.2) is 4.79 Å². The lowest BCUT2D eigenvalue weighted by Gasteiger charge is -2.07. The van der Waals surface area contributed by atoms with Gasteiger partial charge in [-0.1, -0.05) is 0 Å². The number of rotatable bonds is 6. The van der Waals surface area contributed by atoms with Crippen molar-refractivity contribution >= 4 is 5.97 Å². The van der Waals surface area contributed by atoms with Gasteiger partial charge in [-0.3, -0.25) is 0 Å². The molecular weight excluding hydrogens is 234 g/mol. The minimum atomic E-state index is -0.939. The first-order valence-corrected chi connectivity index (χ1v) is 6.28. The largest absolute Gasteiger partial charge is 0.478 e. The number of nitrogens with one attached hydrogen (secondary N) is 1. The first kappa shape index (κ1) is 13.1. The summed E-state index contributed by atoms with van der Waals surface area (Å²) in [7, 11) is 0. The van der Waals surface area contributed by atoms with Gasteiger partial charge in [-0.05, 0) is 38.3 Å². The maximum absolute atomic E-state index is 10.8. The number of ether oxygens (including phenoxy) is 1. The molecule has 2 N–H and O–H groups in total. The lowest BCUT2D eigenvalue weighted by Crippen LogP contribution is -2.17. The summed E-state index contributed by atoms with van der Waals surface area (Å²) in [6.07, 6.45) is 2.23. The molecule has 5 heteroatoms. The highest BCUT2D eigenvalue weighted by molar-refractivity contribution is 5.88. The van der Waals surface area contributed by atoms with Gasteiger partial charge in [0, 0.05) is 13.2 Å². The van der Waals surface area contributed by atoms with E-state index in [1.807, 2.05) is 0 Å². The van der Waals surface area contributed by atoms with Crippen molar-refractivity contribution in [1.82, 2.24) is 5.32 Å². The molecule has 0 aliphatic carbocycles. The maximum atomic E-state index is 10.8. The third-order valence-electron chi connectivity index (χ3n) is 3.25. The monoisotopic (exact) mass is 253 g/mol. The highest BCUT2D eigenvalue weighted by Gasteiger charge is 2.15. The number of furan rings is 1.